The van der Waals surface area contributed by atoms with E-state index < -0.39 is 10.0 Å². The summed E-state index contributed by atoms with van der Waals surface area (Å²) in [6, 6.07) is 5.83. The average molecular weight is 381 g/mol. The van der Waals surface area contributed by atoms with Crippen LogP contribution in [0.5, 0.6) is 0 Å². The lowest BCUT2D eigenvalue weighted by Gasteiger charge is -2.19. The summed E-state index contributed by atoms with van der Waals surface area (Å²) in [7, 11) is -3.54. The number of nitrogens with zero attached hydrogens (tertiary/aromatic N) is 2. The molecular formula is C18H27N3O4S. The number of benzene rings is 1. The Balaban J connectivity index is 2.72. The summed E-state index contributed by atoms with van der Waals surface area (Å²) in [5.74, 6) is -0.413. The third kappa shape index (κ3) is 5.67. The summed E-state index contributed by atoms with van der Waals surface area (Å²) < 4.78 is 26.2. The molecule has 1 N–H and O–H groups in total. The van der Waals surface area contributed by atoms with Crippen LogP contribution >= 0.6 is 0 Å². The van der Waals surface area contributed by atoms with E-state index in [0.29, 0.717) is 38.3 Å². The predicted molar refractivity (Wildman–Crippen MR) is 101 cm³/mol. The van der Waals surface area contributed by atoms with Gasteiger partial charge in [-0.3, -0.25) is 9.59 Å². The van der Waals surface area contributed by atoms with Crippen LogP contribution in [0.15, 0.2) is 41.8 Å². The monoisotopic (exact) mass is 381 g/mol. The first-order chi connectivity index (χ1) is 12.3. The van der Waals surface area contributed by atoms with Crippen LogP contribution < -0.4 is 5.32 Å². The van der Waals surface area contributed by atoms with Crippen molar-refractivity contribution in [2.75, 3.05) is 32.7 Å². The molecule has 1 aromatic rings. The minimum atomic E-state index is -3.54. The molecule has 0 spiro atoms. The highest BCUT2D eigenvalue weighted by Crippen LogP contribution is 2.16. The molecule has 0 saturated carbocycles. The Morgan fingerprint density at radius 1 is 1.15 bits per heavy atom. The molecule has 0 bridgehead atoms. The Bertz CT molecular complexity index is 725. The maximum Gasteiger partial charge on any atom is 0.251 e. The van der Waals surface area contributed by atoms with Gasteiger partial charge in [-0.05, 0) is 24.3 Å². The smallest absolute Gasteiger partial charge is 0.251 e. The van der Waals surface area contributed by atoms with Gasteiger partial charge < -0.3 is 10.2 Å². The van der Waals surface area contributed by atoms with Crippen LogP contribution in [0.4, 0.5) is 0 Å². The van der Waals surface area contributed by atoms with E-state index in [0.717, 1.165) is 0 Å². The summed E-state index contributed by atoms with van der Waals surface area (Å²) in [6.07, 6.45) is 1.62. The minimum absolute atomic E-state index is 0.0925. The van der Waals surface area contributed by atoms with Crippen LogP contribution in [0.1, 0.15) is 31.1 Å². The number of hydrogen-bond acceptors (Lipinski definition) is 4. The number of rotatable bonds is 10. The zero-order chi connectivity index (χ0) is 19.7. The number of sulfonamides is 1. The minimum Gasteiger partial charge on any atom is -0.350 e. The Labute approximate surface area is 155 Å². The van der Waals surface area contributed by atoms with Crippen molar-refractivity contribution in [3.8, 4) is 0 Å². The first-order valence-electron chi connectivity index (χ1n) is 8.52. The van der Waals surface area contributed by atoms with Crippen LogP contribution in [0.2, 0.25) is 0 Å². The van der Waals surface area contributed by atoms with Gasteiger partial charge in [-0.1, -0.05) is 19.9 Å². The first kappa shape index (κ1) is 21.9. The number of carbonyl (C=O) groups excluding carboxylic acids is 2. The molecule has 2 amide bonds. The number of carbonyl (C=O) groups is 2. The Morgan fingerprint density at radius 3 is 2.19 bits per heavy atom. The molecule has 0 saturated heterocycles. The van der Waals surface area contributed by atoms with E-state index in [-0.39, 0.29) is 16.7 Å². The normalized spacial score (nSPS) is 11.2. The number of nitrogens with one attached hydrogen (secondary N) is 1. The second-order valence-electron chi connectivity index (χ2n) is 5.62. The molecule has 1 rings (SSSR count). The van der Waals surface area contributed by atoms with Gasteiger partial charge in [0.1, 0.15) is 0 Å². The van der Waals surface area contributed by atoms with Gasteiger partial charge in [-0.25, -0.2) is 8.42 Å². The van der Waals surface area contributed by atoms with Crippen molar-refractivity contribution in [2.45, 2.75) is 25.7 Å². The molecular weight excluding hydrogens is 354 g/mol. The fourth-order valence-electron chi connectivity index (χ4n) is 2.43. The van der Waals surface area contributed by atoms with Gasteiger partial charge in [0.05, 0.1) is 4.90 Å². The van der Waals surface area contributed by atoms with Gasteiger partial charge in [-0.2, -0.15) is 4.31 Å². The van der Waals surface area contributed by atoms with Crippen molar-refractivity contribution in [2.24, 2.45) is 0 Å². The topological polar surface area (TPSA) is 86.8 Å². The zero-order valence-electron chi connectivity index (χ0n) is 15.6. The van der Waals surface area contributed by atoms with E-state index in [2.05, 4.69) is 11.9 Å². The third-order valence-corrected chi connectivity index (χ3v) is 5.99. The first-order valence-corrected chi connectivity index (χ1v) is 9.96. The molecule has 0 atom stereocenters. The molecule has 7 nitrogen and oxygen atoms in total. The maximum atomic E-state index is 12.4. The van der Waals surface area contributed by atoms with Gasteiger partial charge in [0.25, 0.3) is 5.91 Å². The second-order valence-corrected chi connectivity index (χ2v) is 7.56. The molecule has 0 aliphatic rings. The van der Waals surface area contributed by atoms with Crippen molar-refractivity contribution in [1.29, 1.82) is 0 Å². The van der Waals surface area contributed by atoms with Gasteiger partial charge in [-0.15, -0.1) is 6.58 Å². The molecule has 0 aliphatic heterocycles. The highest BCUT2D eigenvalue weighted by Gasteiger charge is 2.21. The van der Waals surface area contributed by atoms with Crippen molar-refractivity contribution >= 4 is 21.8 Å². The van der Waals surface area contributed by atoms with Gasteiger partial charge >= 0.3 is 0 Å². The lowest BCUT2D eigenvalue weighted by molar-refractivity contribution is -0.128. The van der Waals surface area contributed by atoms with Crippen LogP contribution in [0, 0.1) is 0 Å². The van der Waals surface area contributed by atoms with Gasteiger partial charge in [0.2, 0.25) is 15.9 Å². The highest BCUT2D eigenvalue weighted by atomic mass is 32.2. The van der Waals surface area contributed by atoms with Crippen LogP contribution in [0.3, 0.4) is 0 Å². The van der Waals surface area contributed by atoms with Gasteiger partial charge in [0, 0.05) is 45.2 Å². The molecule has 0 aliphatic carbocycles. The summed E-state index contributed by atoms with van der Waals surface area (Å²) >= 11 is 0. The van der Waals surface area contributed by atoms with Crippen LogP contribution in [-0.4, -0.2) is 62.2 Å². The predicted octanol–water partition coefficient (Wildman–Crippen LogP) is 1.48. The average Bonchev–Trinajstić information content (AvgIpc) is 2.61. The standard InChI is InChI=1S/C18H27N3O4S/c1-5-13-20(15(4)22)14-12-19-18(23)16-8-10-17(11-9-16)26(24,25)21(6-2)7-3/h5,8-11H,1,6-7,12-14H2,2-4H3,(H,19,23). The Hall–Kier alpha value is -2.19. The molecule has 144 valence electrons. The van der Waals surface area contributed by atoms with Crippen molar-refractivity contribution in [3.05, 3.63) is 42.5 Å². The van der Waals surface area contributed by atoms with E-state index >= 15 is 0 Å². The van der Waals surface area contributed by atoms with Crippen molar-refractivity contribution < 1.29 is 18.0 Å². The summed E-state index contributed by atoms with van der Waals surface area (Å²) in [4.78, 5) is 25.3. The summed E-state index contributed by atoms with van der Waals surface area (Å²) in [5, 5.41) is 2.72. The highest BCUT2D eigenvalue weighted by molar-refractivity contribution is 7.89. The maximum absolute atomic E-state index is 12.4. The van der Waals surface area contributed by atoms with Crippen molar-refractivity contribution in [1.82, 2.24) is 14.5 Å². The van der Waals surface area contributed by atoms with Crippen LogP contribution in [-0.2, 0) is 14.8 Å². The molecule has 0 heterocycles. The number of hydrogen-bond donors (Lipinski definition) is 1. The quantitative estimate of drug-likeness (QED) is 0.622. The fraction of sp³-hybridized carbons (Fsp3) is 0.444. The Kier molecular flexibility index (Phi) is 8.47. The molecule has 8 heteroatoms. The molecule has 26 heavy (non-hydrogen) atoms. The second kappa shape index (κ2) is 10.1. The van der Waals surface area contributed by atoms with E-state index in [1.54, 1.807) is 24.8 Å². The Morgan fingerprint density at radius 2 is 1.73 bits per heavy atom. The van der Waals surface area contributed by atoms with Crippen molar-refractivity contribution in [3.63, 3.8) is 0 Å². The van der Waals surface area contributed by atoms with E-state index in [1.165, 1.54) is 35.5 Å². The van der Waals surface area contributed by atoms with E-state index in [4.69, 9.17) is 0 Å². The zero-order valence-corrected chi connectivity index (χ0v) is 16.4. The molecule has 0 radical (unpaired) electrons. The SMILES string of the molecule is C=CCN(CCNC(=O)c1ccc(S(=O)(=O)N(CC)CC)cc1)C(C)=O. The lowest BCUT2D eigenvalue weighted by Crippen LogP contribution is -2.37. The van der Waals surface area contributed by atoms with Gasteiger partial charge in [0.15, 0.2) is 0 Å². The molecule has 1 aromatic carbocycles. The summed E-state index contributed by atoms with van der Waals surface area (Å²) in [6.45, 7) is 10.5. The number of amides is 2. The molecule has 0 aromatic heterocycles. The molecule has 0 fully saturated rings. The largest absolute Gasteiger partial charge is 0.350 e. The fourth-order valence-corrected chi connectivity index (χ4v) is 3.89. The molecule has 0 unspecified atom stereocenters. The van der Waals surface area contributed by atoms with E-state index in [9.17, 15) is 18.0 Å². The third-order valence-electron chi connectivity index (χ3n) is 3.92. The van der Waals surface area contributed by atoms with Crippen LogP contribution in [0.25, 0.3) is 0 Å². The summed E-state index contributed by atoms with van der Waals surface area (Å²) in [5.41, 5.74) is 0.363. The van der Waals surface area contributed by atoms with E-state index in [1.807, 2.05) is 0 Å². The lowest BCUT2D eigenvalue weighted by atomic mass is 10.2.